The summed E-state index contributed by atoms with van der Waals surface area (Å²) >= 11 is 12.3. The van der Waals surface area contributed by atoms with Crippen LogP contribution in [0.15, 0.2) is 42.5 Å². The number of halogens is 5. The fraction of sp³-hybridized carbons (Fsp3) is 0.176. The maximum Gasteiger partial charge on any atom is 0.416 e. The molecule has 1 heterocycles. The van der Waals surface area contributed by atoms with Crippen LogP contribution in [-0.2, 0) is 19.6 Å². The Morgan fingerprint density at radius 3 is 2.26 bits per heavy atom. The highest BCUT2D eigenvalue weighted by atomic mass is 35.5. The van der Waals surface area contributed by atoms with Gasteiger partial charge in [0.25, 0.3) is 0 Å². The van der Waals surface area contributed by atoms with Crippen molar-refractivity contribution in [3.8, 4) is 0 Å². The molecular formula is C17H12Cl2F3N. The van der Waals surface area contributed by atoms with Crippen molar-refractivity contribution in [3.05, 3.63) is 69.3 Å². The Balaban J connectivity index is 2.07. The molecule has 0 amide bonds. The predicted molar refractivity (Wildman–Crippen MR) is 87.2 cm³/mol. The molecule has 0 aliphatic heterocycles. The average molecular weight is 358 g/mol. The first-order valence-corrected chi connectivity index (χ1v) is 7.61. The monoisotopic (exact) mass is 357 g/mol. The van der Waals surface area contributed by atoms with Gasteiger partial charge in [-0.3, -0.25) is 0 Å². The molecule has 3 aromatic rings. The Morgan fingerprint density at radius 2 is 1.65 bits per heavy atom. The summed E-state index contributed by atoms with van der Waals surface area (Å²) in [6, 6.07) is 10.7. The number of aryl methyl sites for hydroxylation is 1. The minimum atomic E-state index is -4.35. The zero-order valence-electron chi connectivity index (χ0n) is 12.1. The van der Waals surface area contributed by atoms with Crippen LogP contribution in [0.25, 0.3) is 10.9 Å². The number of aromatic nitrogens is 1. The van der Waals surface area contributed by atoms with Crippen molar-refractivity contribution in [2.24, 2.45) is 7.05 Å². The second kappa shape index (κ2) is 5.77. The van der Waals surface area contributed by atoms with Crippen molar-refractivity contribution in [1.82, 2.24) is 4.57 Å². The van der Waals surface area contributed by atoms with Crippen molar-refractivity contribution in [2.75, 3.05) is 0 Å². The van der Waals surface area contributed by atoms with Crippen LogP contribution in [0.4, 0.5) is 13.2 Å². The molecule has 23 heavy (non-hydrogen) atoms. The van der Waals surface area contributed by atoms with Crippen molar-refractivity contribution < 1.29 is 13.2 Å². The molecule has 2 aromatic carbocycles. The zero-order valence-corrected chi connectivity index (χ0v) is 13.6. The summed E-state index contributed by atoms with van der Waals surface area (Å²) in [4.78, 5) is 0. The van der Waals surface area contributed by atoms with Crippen molar-refractivity contribution >= 4 is 34.1 Å². The number of rotatable bonds is 2. The normalized spacial score (nSPS) is 12.1. The molecule has 120 valence electrons. The second-order valence-corrected chi connectivity index (χ2v) is 6.16. The van der Waals surface area contributed by atoms with Crippen LogP contribution < -0.4 is 0 Å². The number of alkyl halides is 3. The largest absolute Gasteiger partial charge is 0.416 e. The molecule has 0 spiro atoms. The number of hydrogen-bond acceptors (Lipinski definition) is 0. The maximum absolute atomic E-state index is 12.8. The van der Waals surface area contributed by atoms with Gasteiger partial charge >= 0.3 is 6.18 Å². The van der Waals surface area contributed by atoms with E-state index in [0.29, 0.717) is 21.9 Å². The quantitative estimate of drug-likeness (QED) is 0.522. The van der Waals surface area contributed by atoms with E-state index in [1.807, 2.05) is 11.6 Å². The Morgan fingerprint density at radius 1 is 1.00 bits per heavy atom. The first-order chi connectivity index (χ1) is 10.8. The summed E-state index contributed by atoms with van der Waals surface area (Å²) in [7, 11) is 1.82. The van der Waals surface area contributed by atoms with Crippen LogP contribution in [0.3, 0.4) is 0 Å². The Hall–Kier alpha value is -1.65. The Bertz CT molecular complexity index is 861. The van der Waals surface area contributed by atoms with E-state index in [2.05, 4.69) is 0 Å². The maximum atomic E-state index is 12.8. The summed E-state index contributed by atoms with van der Waals surface area (Å²) in [6.07, 6.45) is -3.90. The molecule has 6 heteroatoms. The van der Waals surface area contributed by atoms with Gasteiger partial charge in [0.05, 0.1) is 5.56 Å². The molecule has 1 nitrogen and oxygen atoms in total. The van der Waals surface area contributed by atoms with Crippen LogP contribution >= 0.6 is 23.2 Å². The van der Waals surface area contributed by atoms with Gasteiger partial charge in [0.2, 0.25) is 0 Å². The van der Waals surface area contributed by atoms with Gasteiger partial charge in [0, 0.05) is 40.1 Å². The van der Waals surface area contributed by atoms with E-state index >= 15 is 0 Å². The molecule has 0 saturated heterocycles. The number of nitrogens with zero attached hydrogens (tertiary/aromatic N) is 1. The van der Waals surface area contributed by atoms with Crippen LogP contribution in [0.2, 0.25) is 10.0 Å². The lowest BCUT2D eigenvalue weighted by Crippen LogP contribution is -2.04. The fourth-order valence-electron chi connectivity index (χ4n) is 2.63. The van der Waals surface area contributed by atoms with E-state index in [1.165, 1.54) is 6.07 Å². The molecule has 0 fully saturated rings. The second-order valence-electron chi connectivity index (χ2n) is 5.34. The predicted octanol–water partition coefficient (Wildman–Crippen LogP) is 6.09. The van der Waals surface area contributed by atoms with Crippen LogP contribution in [0, 0.1) is 0 Å². The molecular weight excluding hydrogens is 346 g/mol. The SMILES string of the molecule is Cn1c(Cc2c(Cl)cccc2Cl)cc2cc(C(F)(F)F)ccc21. The van der Waals surface area contributed by atoms with E-state index in [9.17, 15) is 13.2 Å². The number of benzene rings is 2. The van der Waals surface area contributed by atoms with Crippen LogP contribution in [0.1, 0.15) is 16.8 Å². The third-order valence-corrected chi connectivity index (χ3v) is 4.60. The van der Waals surface area contributed by atoms with Gasteiger partial charge in [-0.1, -0.05) is 29.3 Å². The highest BCUT2D eigenvalue weighted by molar-refractivity contribution is 6.36. The van der Waals surface area contributed by atoms with Gasteiger partial charge < -0.3 is 4.57 Å². The molecule has 0 radical (unpaired) electrons. The zero-order chi connectivity index (χ0) is 16.8. The lowest BCUT2D eigenvalue weighted by atomic mass is 10.1. The highest BCUT2D eigenvalue weighted by Crippen LogP contribution is 2.33. The van der Waals surface area contributed by atoms with E-state index in [1.54, 1.807) is 24.3 Å². The van der Waals surface area contributed by atoms with E-state index in [0.717, 1.165) is 28.9 Å². The van der Waals surface area contributed by atoms with Gasteiger partial charge in [-0.15, -0.1) is 0 Å². The molecule has 3 rings (SSSR count). The molecule has 0 aliphatic carbocycles. The summed E-state index contributed by atoms with van der Waals surface area (Å²) in [5.74, 6) is 0. The van der Waals surface area contributed by atoms with Gasteiger partial charge in [0.15, 0.2) is 0 Å². The van der Waals surface area contributed by atoms with Crippen molar-refractivity contribution in [2.45, 2.75) is 12.6 Å². The van der Waals surface area contributed by atoms with Gasteiger partial charge in [0.1, 0.15) is 0 Å². The van der Waals surface area contributed by atoms with E-state index < -0.39 is 11.7 Å². The lowest BCUT2D eigenvalue weighted by molar-refractivity contribution is -0.137. The van der Waals surface area contributed by atoms with Gasteiger partial charge in [-0.25, -0.2) is 0 Å². The molecule has 0 N–H and O–H groups in total. The van der Waals surface area contributed by atoms with Crippen LogP contribution in [0.5, 0.6) is 0 Å². The van der Waals surface area contributed by atoms with E-state index in [4.69, 9.17) is 23.2 Å². The molecule has 0 atom stereocenters. The molecule has 0 unspecified atom stereocenters. The minimum Gasteiger partial charge on any atom is -0.347 e. The molecule has 0 aliphatic rings. The third kappa shape index (κ3) is 3.06. The summed E-state index contributed by atoms with van der Waals surface area (Å²) < 4.78 is 40.4. The van der Waals surface area contributed by atoms with Crippen molar-refractivity contribution in [1.29, 1.82) is 0 Å². The Labute approximate surface area is 141 Å². The standard InChI is InChI=1S/C17H12Cl2F3N/c1-23-12(9-13-14(18)3-2-4-15(13)19)8-10-7-11(17(20,21)22)5-6-16(10)23/h2-8H,9H2,1H3. The first kappa shape index (κ1) is 16.2. The summed E-state index contributed by atoms with van der Waals surface area (Å²) in [5.41, 5.74) is 1.68. The van der Waals surface area contributed by atoms with Crippen LogP contribution in [-0.4, -0.2) is 4.57 Å². The number of hydrogen-bond donors (Lipinski definition) is 0. The Kier molecular flexibility index (Phi) is 4.07. The first-order valence-electron chi connectivity index (χ1n) is 6.86. The topological polar surface area (TPSA) is 4.93 Å². The smallest absolute Gasteiger partial charge is 0.347 e. The third-order valence-electron chi connectivity index (χ3n) is 3.89. The van der Waals surface area contributed by atoms with Gasteiger partial charge in [-0.2, -0.15) is 13.2 Å². The average Bonchev–Trinajstić information content (AvgIpc) is 2.78. The lowest BCUT2D eigenvalue weighted by Gasteiger charge is -2.09. The van der Waals surface area contributed by atoms with Gasteiger partial charge in [-0.05, 0) is 42.0 Å². The fourth-order valence-corrected chi connectivity index (χ4v) is 3.17. The summed E-state index contributed by atoms with van der Waals surface area (Å²) in [6.45, 7) is 0. The minimum absolute atomic E-state index is 0.449. The van der Waals surface area contributed by atoms with E-state index in [-0.39, 0.29) is 0 Å². The number of fused-ring (bicyclic) bond motifs is 1. The highest BCUT2D eigenvalue weighted by Gasteiger charge is 2.30. The molecule has 0 bridgehead atoms. The molecule has 1 aromatic heterocycles. The molecule has 0 saturated carbocycles. The van der Waals surface area contributed by atoms with Crippen molar-refractivity contribution in [3.63, 3.8) is 0 Å². The summed E-state index contributed by atoms with van der Waals surface area (Å²) in [5, 5.41) is 1.62.